The lowest BCUT2D eigenvalue weighted by Gasteiger charge is -2.14. The van der Waals surface area contributed by atoms with E-state index in [-0.39, 0.29) is 5.57 Å². The van der Waals surface area contributed by atoms with Gasteiger partial charge in [-0.25, -0.2) is 5.01 Å². The van der Waals surface area contributed by atoms with Crippen molar-refractivity contribution in [3.05, 3.63) is 63.1 Å². The second-order valence-corrected chi connectivity index (χ2v) is 6.59. The first-order valence-corrected chi connectivity index (χ1v) is 8.71. The lowest BCUT2D eigenvalue weighted by Crippen LogP contribution is -2.35. The number of hydrogen-bond donors (Lipinski definition) is 1. The summed E-state index contributed by atoms with van der Waals surface area (Å²) in [6.45, 7) is 2.32. The molecule has 1 aliphatic rings. The Morgan fingerprint density at radius 3 is 2.76 bits per heavy atom. The SMILES string of the molecule is CCOc1ccc(Cl)cc1/C=C1/C(=O)NN(c2cccc(Br)c2)C1=O. The van der Waals surface area contributed by atoms with E-state index in [1.54, 1.807) is 36.4 Å². The minimum atomic E-state index is -0.479. The van der Waals surface area contributed by atoms with Gasteiger partial charge in [0.15, 0.2) is 0 Å². The molecule has 2 amide bonds. The molecule has 128 valence electrons. The Kier molecular flexibility index (Phi) is 5.11. The number of rotatable bonds is 4. The molecule has 7 heteroatoms. The molecule has 0 atom stereocenters. The van der Waals surface area contributed by atoms with E-state index < -0.39 is 11.8 Å². The molecule has 5 nitrogen and oxygen atoms in total. The first-order valence-electron chi connectivity index (χ1n) is 7.54. The van der Waals surface area contributed by atoms with Crippen molar-refractivity contribution < 1.29 is 14.3 Å². The summed E-state index contributed by atoms with van der Waals surface area (Å²) in [4.78, 5) is 25.0. The molecule has 2 aromatic carbocycles. The number of ether oxygens (including phenoxy) is 1. The van der Waals surface area contributed by atoms with Gasteiger partial charge >= 0.3 is 0 Å². The smallest absolute Gasteiger partial charge is 0.282 e. The fourth-order valence-corrected chi connectivity index (χ4v) is 3.00. The Labute approximate surface area is 158 Å². The minimum absolute atomic E-state index is 0.0168. The summed E-state index contributed by atoms with van der Waals surface area (Å²) in [5.74, 6) is -0.362. The van der Waals surface area contributed by atoms with Crippen LogP contribution in [0.15, 0.2) is 52.5 Å². The second kappa shape index (κ2) is 7.29. The van der Waals surface area contributed by atoms with E-state index in [2.05, 4.69) is 21.4 Å². The standard InChI is InChI=1S/C18H14BrClN2O3/c1-2-25-16-7-6-13(20)8-11(16)9-15-17(23)21-22(18(15)24)14-5-3-4-12(19)10-14/h3-10H,2H2,1H3,(H,21,23)/b15-9-. The summed E-state index contributed by atoms with van der Waals surface area (Å²) in [7, 11) is 0. The van der Waals surface area contributed by atoms with Crippen LogP contribution < -0.4 is 15.2 Å². The van der Waals surface area contributed by atoms with Gasteiger partial charge in [0.1, 0.15) is 11.3 Å². The van der Waals surface area contributed by atoms with Gasteiger partial charge in [-0.05, 0) is 49.4 Å². The van der Waals surface area contributed by atoms with Gasteiger partial charge in [-0.3, -0.25) is 15.0 Å². The highest BCUT2D eigenvalue weighted by atomic mass is 79.9. The second-order valence-electron chi connectivity index (χ2n) is 5.23. The van der Waals surface area contributed by atoms with Crippen molar-refractivity contribution in [2.24, 2.45) is 0 Å². The van der Waals surface area contributed by atoms with E-state index in [0.717, 1.165) is 4.47 Å². The maximum Gasteiger partial charge on any atom is 0.282 e. The molecular formula is C18H14BrClN2O3. The number of carbonyl (C=O) groups excluding carboxylic acids is 2. The summed E-state index contributed by atoms with van der Waals surface area (Å²) in [5.41, 5.74) is 3.72. The average molecular weight is 422 g/mol. The Bertz CT molecular complexity index is 882. The topological polar surface area (TPSA) is 58.6 Å². The van der Waals surface area contributed by atoms with Gasteiger partial charge in [-0.2, -0.15) is 0 Å². The predicted molar refractivity (Wildman–Crippen MR) is 100 cm³/mol. The third-order valence-corrected chi connectivity index (χ3v) is 4.26. The predicted octanol–water partition coefficient (Wildman–Crippen LogP) is 3.96. The fraction of sp³-hybridized carbons (Fsp3) is 0.111. The third-order valence-electron chi connectivity index (χ3n) is 3.53. The van der Waals surface area contributed by atoms with E-state index in [9.17, 15) is 9.59 Å². The van der Waals surface area contributed by atoms with Crippen molar-refractivity contribution in [2.45, 2.75) is 6.92 Å². The van der Waals surface area contributed by atoms with Gasteiger partial charge in [0.05, 0.1) is 12.3 Å². The van der Waals surface area contributed by atoms with Crippen LogP contribution in [0.1, 0.15) is 12.5 Å². The lowest BCUT2D eigenvalue weighted by molar-refractivity contribution is -0.117. The molecule has 1 N–H and O–H groups in total. The molecule has 0 unspecified atom stereocenters. The van der Waals surface area contributed by atoms with Crippen molar-refractivity contribution in [1.29, 1.82) is 0 Å². The highest BCUT2D eigenvalue weighted by Crippen LogP contribution is 2.28. The van der Waals surface area contributed by atoms with Crippen LogP contribution in [0.25, 0.3) is 6.08 Å². The van der Waals surface area contributed by atoms with Gasteiger partial charge in [-0.1, -0.05) is 33.6 Å². The summed E-state index contributed by atoms with van der Waals surface area (Å²) < 4.78 is 6.34. The molecule has 3 rings (SSSR count). The zero-order valence-electron chi connectivity index (χ0n) is 13.3. The van der Waals surface area contributed by atoms with Crippen LogP contribution in [0.2, 0.25) is 5.02 Å². The highest BCUT2D eigenvalue weighted by Gasteiger charge is 2.34. The molecule has 0 bridgehead atoms. The molecule has 0 spiro atoms. The van der Waals surface area contributed by atoms with Gasteiger partial charge in [0.25, 0.3) is 11.8 Å². The summed E-state index contributed by atoms with van der Waals surface area (Å²) in [6.07, 6.45) is 1.49. The maximum atomic E-state index is 12.7. The van der Waals surface area contributed by atoms with E-state index in [1.807, 2.05) is 13.0 Å². The average Bonchev–Trinajstić information content (AvgIpc) is 2.85. The number of benzene rings is 2. The van der Waals surface area contributed by atoms with Gasteiger partial charge in [0.2, 0.25) is 0 Å². The highest BCUT2D eigenvalue weighted by molar-refractivity contribution is 9.10. The van der Waals surface area contributed by atoms with Gasteiger partial charge in [0, 0.05) is 15.1 Å². The monoisotopic (exact) mass is 420 g/mol. The molecule has 0 radical (unpaired) electrons. The zero-order chi connectivity index (χ0) is 18.0. The summed E-state index contributed by atoms with van der Waals surface area (Å²) in [6, 6.07) is 12.2. The van der Waals surface area contributed by atoms with Crippen molar-refractivity contribution >= 4 is 51.1 Å². The number of halogens is 2. The van der Waals surface area contributed by atoms with Crippen LogP contribution in [0.3, 0.4) is 0 Å². The van der Waals surface area contributed by atoms with Crippen molar-refractivity contribution in [3.8, 4) is 5.75 Å². The Morgan fingerprint density at radius 2 is 2.04 bits per heavy atom. The Morgan fingerprint density at radius 1 is 1.24 bits per heavy atom. The van der Waals surface area contributed by atoms with Crippen LogP contribution in [0, 0.1) is 0 Å². The number of nitrogens with zero attached hydrogens (tertiary/aromatic N) is 1. The zero-order valence-corrected chi connectivity index (χ0v) is 15.6. The molecule has 2 aromatic rings. The van der Waals surface area contributed by atoms with Crippen LogP contribution in [-0.4, -0.2) is 18.4 Å². The minimum Gasteiger partial charge on any atom is -0.493 e. The molecule has 0 aliphatic carbocycles. The van der Waals surface area contributed by atoms with E-state index in [0.29, 0.717) is 28.6 Å². The molecule has 1 saturated heterocycles. The number of hydrazine groups is 1. The number of carbonyl (C=O) groups is 2. The van der Waals surface area contributed by atoms with Crippen LogP contribution in [-0.2, 0) is 9.59 Å². The summed E-state index contributed by atoms with van der Waals surface area (Å²) >= 11 is 9.38. The largest absolute Gasteiger partial charge is 0.493 e. The Hall–Kier alpha value is -2.31. The molecule has 1 aliphatic heterocycles. The van der Waals surface area contributed by atoms with Crippen molar-refractivity contribution in [2.75, 3.05) is 11.6 Å². The molecular weight excluding hydrogens is 408 g/mol. The Balaban J connectivity index is 1.98. The molecule has 1 heterocycles. The molecule has 0 saturated carbocycles. The molecule has 0 aromatic heterocycles. The number of hydrogen-bond acceptors (Lipinski definition) is 3. The number of nitrogens with one attached hydrogen (secondary N) is 1. The number of amides is 2. The van der Waals surface area contributed by atoms with E-state index >= 15 is 0 Å². The van der Waals surface area contributed by atoms with E-state index in [4.69, 9.17) is 16.3 Å². The quantitative estimate of drug-likeness (QED) is 0.600. The van der Waals surface area contributed by atoms with Gasteiger partial charge < -0.3 is 4.74 Å². The normalized spacial score (nSPS) is 15.6. The van der Waals surface area contributed by atoms with Crippen LogP contribution in [0.4, 0.5) is 5.69 Å². The third kappa shape index (κ3) is 3.70. The fourth-order valence-electron chi connectivity index (χ4n) is 2.43. The maximum absolute atomic E-state index is 12.7. The lowest BCUT2D eigenvalue weighted by atomic mass is 10.1. The van der Waals surface area contributed by atoms with Crippen LogP contribution >= 0.6 is 27.5 Å². The summed E-state index contributed by atoms with van der Waals surface area (Å²) in [5, 5.41) is 1.70. The number of anilines is 1. The molecule has 25 heavy (non-hydrogen) atoms. The first-order chi connectivity index (χ1) is 12.0. The van der Waals surface area contributed by atoms with Crippen LogP contribution in [0.5, 0.6) is 5.75 Å². The first kappa shape index (κ1) is 17.5. The van der Waals surface area contributed by atoms with E-state index in [1.165, 1.54) is 11.1 Å². The van der Waals surface area contributed by atoms with Crippen molar-refractivity contribution in [1.82, 2.24) is 5.43 Å². The van der Waals surface area contributed by atoms with Crippen molar-refractivity contribution in [3.63, 3.8) is 0 Å². The molecule has 1 fully saturated rings. The van der Waals surface area contributed by atoms with Gasteiger partial charge in [-0.15, -0.1) is 0 Å².